The predicted octanol–water partition coefficient (Wildman–Crippen LogP) is 2.64. The molecule has 3 nitrogen and oxygen atoms in total. The number of hydrogen-bond donors (Lipinski definition) is 0. The summed E-state index contributed by atoms with van der Waals surface area (Å²) in [6.45, 7) is 5.97. The molecule has 0 saturated carbocycles. The van der Waals surface area contributed by atoms with Crippen LogP contribution in [0, 0.1) is 0 Å². The van der Waals surface area contributed by atoms with Crippen molar-refractivity contribution in [1.29, 1.82) is 0 Å². The lowest BCUT2D eigenvalue weighted by atomic mass is 10.2. The maximum atomic E-state index is 11.3. The van der Waals surface area contributed by atoms with Crippen LogP contribution in [-0.4, -0.2) is 13.1 Å². The van der Waals surface area contributed by atoms with E-state index in [2.05, 4.69) is 18.7 Å². The Labute approximate surface area is 95.7 Å². The average molecular weight is 218 g/mol. The Morgan fingerprint density at radius 1 is 1.31 bits per heavy atom. The molecule has 0 atom stereocenters. The molecule has 1 aromatic carbocycles. The van der Waals surface area contributed by atoms with E-state index in [1.165, 1.54) is 6.07 Å². The Kier molecular flexibility index (Phi) is 2.59. The SMILES string of the molecule is [2H]c1cc2ccc(N(CC)CC)cc2oc1=O. The van der Waals surface area contributed by atoms with Crippen LogP contribution in [0.15, 0.2) is 39.5 Å². The van der Waals surface area contributed by atoms with Crippen LogP contribution in [-0.2, 0) is 0 Å². The zero-order valence-corrected chi connectivity index (χ0v) is 9.49. The third-order valence-electron chi connectivity index (χ3n) is 2.67. The molecule has 0 amide bonds. The lowest BCUT2D eigenvalue weighted by molar-refractivity contribution is 0.561. The zero-order valence-electron chi connectivity index (χ0n) is 10.5. The van der Waals surface area contributed by atoms with Gasteiger partial charge in [-0.3, -0.25) is 0 Å². The lowest BCUT2D eigenvalue weighted by Gasteiger charge is -2.20. The van der Waals surface area contributed by atoms with E-state index in [-0.39, 0.29) is 6.04 Å². The summed E-state index contributed by atoms with van der Waals surface area (Å²) < 4.78 is 12.5. The largest absolute Gasteiger partial charge is 0.423 e. The molecule has 0 aliphatic rings. The molecule has 0 spiro atoms. The standard InChI is InChI=1S/C13H15NO2/c1-3-14(4-2)11-7-5-10-6-8-13(15)16-12(10)9-11/h5-9H,3-4H2,1-2H3/i8D. The van der Waals surface area contributed by atoms with Crippen molar-refractivity contribution in [3.05, 3.63) is 40.7 Å². The van der Waals surface area contributed by atoms with E-state index in [0.717, 1.165) is 24.2 Å². The van der Waals surface area contributed by atoms with Crippen molar-refractivity contribution in [1.82, 2.24) is 0 Å². The van der Waals surface area contributed by atoms with Crippen LogP contribution < -0.4 is 10.5 Å². The van der Waals surface area contributed by atoms with E-state index < -0.39 is 5.63 Å². The number of rotatable bonds is 3. The Balaban J connectivity index is 2.57. The molecule has 0 radical (unpaired) electrons. The average Bonchev–Trinajstić information content (AvgIpc) is 2.32. The van der Waals surface area contributed by atoms with Gasteiger partial charge in [0.1, 0.15) is 5.58 Å². The van der Waals surface area contributed by atoms with Crippen molar-refractivity contribution in [2.24, 2.45) is 0 Å². The van der Waals surface area contributed by atoms with Crippen molar-refractivity contribution in [2.45, 2.75) is 13.8 Å². The fraction of sp³-hybridized carbons (Fsp3) is 0.308. The Hall–Kier alpha value is -1.77. The van der Waals surface area contributed by atoms with Crippen LogP contribution >= 0.6 is 0 Å². The molecule has 0 bridgehead atoms. The molecule has 1 heterocycles. The Morgan fingerprint density at radius 2 is 2.06 bits per heavy atom. The molecular weight excluding hydrogens is 202 g/mol. The van der Waals surface area contributed by atoms with Gasteiger partial charge in [-0.1, -0.05) is 0 Å². The minimum atomic E-state index is -0.589. The molecule has 1 aromatic heterocycles. The number of nitrogens with zero attached hydrogens (tertiary/aromatic N) is 1. The predicted molar refractivity (Wildman–Crippen MR) is 66.0 cm³/mol. The third kappa shape index (κ3) is 1.94. The molecular formula is C13H15NO2. The summed E-state index contributed by atoms with van der Waals surface area (Å²) >= 11 is 0. The van der Waals surface area contributed by atoms with Gasteiger partial charge in [-0.05, 0) is 32.0 Å². The van der Waals surface area contributed by atoms with Crippen LogP contribution in [0.2, 0.25) is 0 Å². The van der Waals surface area contributed by atoms with Crippen molar-refractivity contribution in [3.63, 3.8) is 0 Å². The van der Waals surface area contributed by atoms with Crippen molar-refractivity contribution in [2.75, 3.05) is 18.0 Å². The van der Waals surface area contributed by atoms with E-state index >= 15 is 0 Å². The van der Waals surface area contributed by atoms with E-state index in [0.29, 0.717) is 5.58 Å². The summed E-state index contributed by atoms with van der Waals surface area (Å²) in [6, 6.07) is 7.14. The van der Waals surface area contributed by atoms with Crippen LogP contribution in [0.25, 0.3) is 11.0 Å². The molecule has 0 N–H and O–H groups in total. The second-order valence-corrected chi connectivity index (χ2v) is 3.57. The Morgan fingerprint density at radius 3 is 2.75 bits per heavy atom. The number of hydrogen-bond acceptors (Lipinski definition) is 3. The highest BCUT2D eigenvalue weighted by molar-refractivity contribution is 5.80. The maximum Gasteiger partial charge on any atom is 0.336 e. The quantitative estimate of drug-likeness (QED) is 0.742. The smallest absolute Gasteiger partial charge is 0.336 e. The summed E-state index contributed by atoms with van der Waals surface area (Å²) in [4.78, 5) is 13.5. The summed E-state index contributed by atoms with van der Waals surface area (Å²) in [7, 11) is 0. The minimum absolute atomic E-state index is 0.104. The molecule has 84 valence electrons. The van der Waals surface area contributed by atoms with Gasteiger partial charge in [-0.25, -0.2) is 4.79 Å². The molecule has 0 aliphatic heterocycles. The summed E-state index contributed by atoms with van der Waals surface area (Å²) in [5, 5.41) is 0.783. The highest BCUT2D eigenvalue weighted by atomic mass is 16.4. The number of fused-ring (bicyclic) bond motifs is 1. The first kappa shape index (κ1) is 9.46. The van der Waals surface area contributed by atoms with Crippen LogP contribution in [0.1, 0.15) is 15.2 Å². The van der Waals surface area contributed by atoms with Crippen molar-refractivity contribution < 1.29 is 5.79 Å². The van der Waals surface area contributed by atoms with Gasteiger partial charge in [-0.15, -0.1) is 0 Å². The normalized spacial score (nSPS) is 11.5. The second kappa shape index (κ2) is 4.39. The van der Waals surface area contributed by atoms with Gasteiger partial charge in [0, 0.05) is 36.3 Å². The van der Waals surface area contributed by atoms with Crippen LogP contribution in [0.5, 0.6) is 0 Å². The van der Waals surface area contributed by atoms with Gasteiger partial charge in [0.05, 0.1) is 1.37 Å². The number of anilines is 1. The first-order valence-corrected chi connectivity index (χ1v) is 5.45. The van der Waals surface area contributed by atoms with E-state index in [1.54, 1.807) is 0 Å². The molecule has 0 unspecified atom stereocenters. The minimum Gasteiger partial charge on any atom is -0.423 e. The fourth-order valence-corrected chi connectivity index (χ4v) is 1.78. The topological polar surface area (TPSA) is 33.5 Å². The third-order valence-corrected chi connectivity index (χ3v) is 2.67. The fourth-order valence-electron chi connectivity index (χ4n) is 1.78. The summed E-state index contributed by atoms with van der Waals surface area (Å²) in [5.41, 5.74) is 0.980. The second-order valence-electron chi connectivity index (χ2n) is 3.57. The van der Waals surface area contributed by atoms with Gasteiger partial charge in [-0.2, -0.15) is 0 Å². The van der Waals surface area contributed by atoms with E-state index in [9.17, 15) is 4.79 Å². The van der Waals surface area contributed by atoms with E-state index in [1.807, 2.05) is 18.2 Å². The summed E-state index contributed by atoms with van der Waals surface area (Å²) in [6.07, 6.45) is 0. The highest BCUT2D eigenvalue weighted by Gasteiger charge is 2.04. The molecule has 0 fully saturated rings. The molecule has 0 saturated heterocycles. The highest BCUT2D eigenvalue weighted by Crippen LogP contribution is 2.20. The molecule has 0 aliphatic carbocycles. The monoisotopic (exact) mass is 218 g/mol. The van der Waals surface area contributed by atoms with Gasteiger partial charge in [0.25, 0.3) is 0 Å². The first-order chi connectivity index (χ1) is 8.15. The zero-order chi connectivity index (χ0) is 12.4. The molecule has 2 aromatic rings. The molecule has 16 heavy (non-hydrogen) atoms. The van der Waals surface area contributed by atoms with E-state index in [4.69, 9.17) is 5.79 Å². The lowest BCUT2D eigenvalue weighted by Crippen LogP contribution is -2.21. The maximum absolute atomic E-state index is 11.3. The van der Waals surface area contributed by atoms with Crippen LogP contribution in [0.4, 0.5) is 5.69 Å². The van der Waals surface area contributed by atoms with Gasteiger partial charge < -0.3 is 9.32 Å². The Bertz CT molecular complexity index is 587. The van der Waals surface area contributed by atoms with Crippen molar-refractivity contribution in [3.8, 4) is 0 Å². The van der Waals surface area contributed by atoms with Gasteiger partial charge >= 0.3 is 5.63 Å². The van der Waals surface area contributed by atoms with Gasteiger partial charge in [0.2, 0.25) is 0 Å². The first-order valence-electron chi connectivity index (χ1n) is 5.95. The summed E-state index contributed by atoms with van der Waals surface area (Å²) in [5.74, 6) is 0. The van der Waals surface area contributed by atoms with Crippen molar-refractivity contribution >= 4 is 16.7 Å². The number of benzene rings is 1. The molecule has 3 heteroatoms. The molecule has 2 rings (SSSR count). The van der Waals surface area contributed by atoms with Gasteiger partial charge in [0.15, 0.2) is 0 Å². The van der Waals surface area contributed by atoms with Crippen LogP contribution in [0.3, 0.4) is 0 Å².